The summed E-state index contributed by atoms with van der Waals surface area (Å²) in [6.07, 6.45) is 2.18. The smallest absolute Gasteiger partial charge is 0.319 e. The van der Waals surface area contributed by atoms with E-state index in [1.54, 1.807) is 0 Å². The van der Waals surface area contributed by atoms with Gasteiger partial charge in [-0.3, -0.25) is 0 Å². The Kier molecular flexibility index (Phi) is 3.77. The molecule has 108 valence electrons. The third kappa shape index (κ3) is 3.75. The molecule has 21 heavy (non-hydrogen) atoms. The van der Waals surface area contributed by atoms with Gasteiger partial charge in [0.2, 0.25) is 0 Å². The number of para-hydroxylation sites is 1. The molecule has 0 unspecified atom stereocenters. The second kappa shape index (κ2) is 5.87. The number of hydrogen-bond donors (Lipinski definition) is 3. The summed E-state index contributed by atoms with van der Waals surface area (Å²) in [5, 5.41) is 9.10. The topological polar surface area (TPSA) is 53.2 Å². The van der Waals surface area contributed by atoms with E-state index in [1.807, 2.05) is 42.5 Å². The third-order valence-corrected chi connectivity index (χ3v) is 3.48. The normalized spacial score (nSPS) is 13.6. The molecule has 0 radical (unpaired) electrons. The molecule has 3 N–H and O–H groups in total. The number of benzene rings is 2. The Morgan fingerprint density at radius 3 is 2.33 bits per heavy atom. The first-order chi connectivity index (χ1) is 10.2. The molecule has 0 aliphatic heterocycles. The van der Waals surface area contributed by atoms with Crippen LogP contribution in [0.1, 0.15) is 18.4 Å². The van der Waals surface area contributed by atoms with E-state index >= 15 is 0 Å². The first kappa shape index (κ1) is 13.5. The van der Waals surface area contributed by atoms with Gasteiger partial charge in [-0.05, 0) is 55.7 Å². The van der Waals surface area contributed by atoms with E-state index in [-0.39, 0.29) is 6.03 Å². The van der Waals surface area contributed by atoms with Crippen molar-refractivity contribution in [3.05, 3.63) is 54.1 Å². The monoisotopic (exact) mass is 281 g/mol. The van der Waals surface area contributed by atoms with Crippen molar-refractivity contribution >= 4 is 23.1 Å². The molecule has 0 heterocycles. The number of aryl methyl sites for hydroxylation is 1. The summed E-state index contributed by atoms with van der Waals surface area (Å²) in [7, 11) is 0. The fourth-order valence-corrected chi connectivity index (χ4v) is 2.09. The van der Waals surface area contributed by atoms with E-state index in [1.165, 1.54) is 5.56 Å². The highest BCUT2D eigenvalue weighted by atomic mass is 16.2. The maximum Gasteiger partial charge on any atom is 0.319 e. The first-order valence-corrected chi connectivity index (χ1v) is 7.21. The van der Waals surface area contributed by atoms with Crippen LogP contribution in [0, 0.1) is 6.92 Å². The summed E-state index contributed by atoms with van der Waals surface area (Å²) in [5.41, 5.74) is 4.08. The Morgan fingerprint density at radius 2 is 1.67 bits per heavy atom. The minimum Gasteiger partial charge on any atom is -0.355 e. The van der Waals surface area contributed by atoms with Gasteiger partial charge in [-0.2, -0.15) is 0 Å². The lowest BCUT2D eigenvalue weighted by Gasteiger charge is -2.11. The Morgan fingerprint density at radius 1 is 1.00 bits per heavy atom. The van der Waals surface area contributed by atoms with Gasteiger partial charge in [-0.1, -0.05) is 18.2 Å². The minimum atomic E-state index is -0.128. The maximum absolute atomic E-state index is 11.6. The molecule has 2 amide bonds. The molecule has 2 aromatic rings. The molecule has 4 heteroatoms. The van der Waals surface area contributed by atoms with Crippen LogP contribution in [0.25, 0.3) is 0 Å². The van der Waals surface area contributed by atoms with E-state index in [2.05, 4.69) is 28.9 Å². The lowest BCUT2D eigenvalue weighted by molar-refractivity contribution is 0.251. The van der Waals surface area contributed by atoms with E-state index in [4.69, 9.17) is 0 Å². The number of carbonyl (C=O) groups excluding carboxylic acids is 1. The predicted octanol–water partition coefficient (Wildman–Crippen LogP) is 4.02. The van der Waals surface area contributed by atoms with Gasteiger partial charge in [-0.15, -0.1) is 0 Å². The van der Waals surface area contributed by atoms with Crippen molar-refractivity contribution in [2.45, 2.75) is 25.8 Å². The van der Waals surface area contributed by atoms with Gasteiger partial charge in [0, 0.05) is 23.1 Å². The zero-order valence-electron chi connectivity index (χ0n) is 12.0. The van der Waals surface area contributed by atoms with E-state index in [0.717, 1.165) is 29.9 Å². The lowest BCUT2D eigenvalue weighted by Crippen LogP contribution is -2.30. The van der Waals surface area contributed by atoms with Gasteiger partial charge in [0.05, 0.1) is 0 Å². The Balaban J connectivity index is 1.61. The van der Waals surface area contributed by atoms with Crippen LogP contribution in [-0.4, -0.2) is 12.1 Å². The van der Waals surface area contributed by atoms with Gasteiger partial charge >= 0.3 is 6.03 Å². The van der Waals surface area contributed by atoms with Gasteiger partial charge < -0.3 is 16.0 Å². The average molecular weight is 281 g/mol. The maximum atomic E-state index is 11.6. The zero-order valence-corrected chi connectivity index (χ0v) is 12.0. The number of urea groups is 1. The highest BCUT2D eigenvalue weighted by molar-refractivity contribution is 5.89. The molecule has 0 atom stereocenters. The van der Waals surface area contributed by atoms with Gasteiger partial charge in [0.1, 0.15) is 0 Å². The fraction of sp³-hybridized carbons (Fsp3) is 0.235. The van der Waals surface area contributed by atoms with E-state index < -0.39 is 0 Å². The zero-order chi connectivity index (χ0) is 14.7. The molecule has 4 nitrogen and oxygen atoms in total. The van der Waals surface area contributed by atoms with Crippen molar-refractivity contribution in [3.8, 4) is 0 Å². The quantitative estimate of drug-likeness (QED) is 0.792. The molecule has 0 aromatic heterocycles. The van der Waals surface area contributed by atoms with Crippen molar-refractivity contribution < 1.29 is 4.79 Å². The summed E-state index contributed by atoms with van der Waals surface area (Å²) in [5.74, 6) is 0. The molecule has 0 bridgehead atoms. The van der Waals surface area contributed by atoms with Crippen molar-refractivity contribution in [2.75, 3.05) is 10.6 Å². The molecule has 2 aromatic carbocycles. The molecule has 1 aliphatic rings. The van der Waals surface area contributed by atoms with Gasteiger partial charge in [0.15, 0.2) is 0 Å². The Bertz CT molecular complexity index is 633. The van der Waals surface area contributed by atoms with Crippen LogP contribution in [0.3, 0.4) is 0 Å². The molecule has 1 saturated carbocycles. The first-order valence-electron chi connectivity index (χ1n) is 7.21. The van der Waals surface area contributed by atoms with Gasteiger partial charge in [-0.25, -0.2) is 4.79 Å². The number of hydrogen-bond acceptors (Lipinski definition) is 2. The number of carbonyl (C=O) groups is 1. The van der Waals surface area contributed by atoms with Crippen LogP contribution in [0.4, 0.5) is 21.9 Å². The molecular weight excluding hydrogens is 262 g/mol. The number of nitrogens with one attached hydrogen (secondary N) is 3. The molecule has 0 spiro atoms. The van der Waals surface area contributed by atoms with Crippen LogP contribution in [0.15, 0.2) is 48.5 Å². The largest absolute Gasteiger partial charge is 0.355 e. The molecular formula is C17H19N3O. The van der Waals surface area contributed by atoms with Crippen LogP contribution in [-0.2, 0) is 0 Å². The predicted molar refractivity (Wildman–Crippen MR) is 86.1 cm³/mol. The van der Waals surface area contributed by atoms with Crippen molar-refractivity contribution in [2.24, 2.45) is 0 Å². The van der Waals surface area contributed by atoms with E-state index in [9.17, 15) is 4.79 Å². The average Bonchev–Trinajstić information content (AvgIpc) is 3.27. The van der Waals surface area contributed by atoms with E-state index in [0.29, 0.717) is 6.04 Å². The Labute approximate surface area is 124 Å². The molecule has 3 rings (SSSR count). The van der Waals surface area contributed by atoms with Crippen LogP contribution in [0.5, 0.6) is 0 Å². The minimum absolute atomic E-state index is 0.128. The van der Waals surface area contributed by atoms with Crippen molar-refractivity contribution in [1.29, 1.82) is 0 Å². The Hall–Kier alpha value is -2.49. The van der Waals surface area contributed by atoms with Crippen LogP contribution < -0.4 is 16.0 Å². The highest BCUT2D eigenvalue weighted by Gasteiger charge is 2.23. The summed E-state index contributed by atoms with van der Waals surface area (Å²) in [6, 6.07) is 16.1. The second-order valence-corrected chi connectivity index (χ2v) is 5.39. The fourth-order valence-electron chi connectivity index (χ4n) is 2.09. The number of rotatable bonds is 4. The van der Waals surface area contributed by atoms with Gasteiger partial charge in [0.25, 0.3) is 0 Å². The molecule has 1 fully saturated rings. The third-order valence-electron chi connectivity index (χ3n) is 3.48. The van der Waals surface area contributed by atoms with Crippen molar-refractivity contribution in [3.63, 3.8) is 0 Å². The van der Waals surface area contributed by atoms with Crippen molar-refractivity contribution in [1.82, 2.24) is 5.32 Å². The number of anilines is 3. The summed E-state index contributed by atoms with van der Waals surface area (Å²) in [4.78, 5) is 11.6. The highest BCUT2D eigenvalue weighted by Crippen LogP contribution is 2.22. The second-order valence-electron chi connectivity index (χ2n) is 5.39. The molecule has 1 aliphatic carbocycles. The van der Waals surface area contributed by atoms with Crippen LogP contribution in [0.2, 0.25) is 0 Å². The summed E-state index contributed by atoms with van der Waals surface area (Å²) < 4.78 is 0. The molecule has 0 saturated heterocycles. The SMILES string of the molecule is Cc1ccccc1Nc1ccc(NC(=O)NC2CC2)cc1. The lowest BCUT2D eigenvalue weighted by atomic mass is 10.2. The van der Waals surface area contributed by atoms with Crippen LogP contribution >= 0.6 is 0 Å². The summed E-state index contributed by atoms with van der Waals surface area (Å²) >= 11 is 0. The standard InChI is InChI=1S/C17H19N3O/c1-12-4-2-3-5-16(12)18-13-6-8-14(9-7-13)19-17(21)20-15-10-11-15/h2-9,15,18H,10-11H2,1H3,(H2,19,20,21). The number of amides is 2. The summed E-state index contributed by atoms with van der Waals surface area (Å²) in [6.45, 7) is 2.07.